The van der Waals surface area contributed by atoms with Gasteiger partial charge in [-0.1, -0.05) is 30.3 Å². The molecule has 0 spiro atoms. The van der Waals surface area contributed by atoms with Crippen molar-refractivity contribution in [1.29, 1.82) is 0 Å². The number of piperazine rings is 1. The van der Waals surface area contributed by atoms with Gasteiger partial charge in [-0.25, -0.2) is 0 Å². The molecular formula is C17H27N3O. The summed E-state index contributed by atoms with van der Waals surface area (Å²) in [6, 6.07) is 10.9. The van der Waals surface area contributed by atoms with Gasteiger partial charge in [-0.2, -0.15) is 0 Å². The first-order valence-electron chi connectivity index (χ1n) is 7.91. The van der Waals surface area contributed by atoms with Crippen LogP contribution >= 0.6 is 0 Å². The number of nitrogens with zero attached hydrogens (tertiary/aromatic N) is 2. The van der Waals surface area contributed by atoms with E-state index in [1.807, 2.05) is 13.8 Å². The monoisotopic (exact) mass is 289 g/mol. The predicted octanol–water partition coefficient (Wildman–Crippen LogP) is 1.72. The van der Waals surface area contributed by atoms with Gasteiger partial charge in [-0.3, -0.25) is 9.69 Å². The van der Waals surface area contributed by atoms with Gasteiger partial charge in [0.15, 0.2) is 0 Å². The molecule has 1 aliphatic rings. The summed E-state index contributed by atoms with van der Waals surface area (Å²) >= 11 is 0. The Hall–Kier alpha value is -1.39. The third-order valence-corrected chi connectivity index (χ3v) is 3.82. The van der Waals surface area contributed by atoms with Crippen molar-refractivity contribution in [2.24, 2.45) is 0 Å². The van der Waals surface area contributed by atoms with E-state index < -0.39 is 0 Å². The van der Waals surface area contributed by atoms with Gasteiger partial charge in [0, 0.05) is 51.7 Å². The van der Waals surface area contributed by atoms with E-state index in [0.29, 0.717) is 6.42 Å². The van der Waals surface area contributed by atoms with Gasteiger partial charge in [-0.15, -0.1) is 0 Å². The second-order valence-corrected chi connectivity index (χ2v) is 6.08. The van der Waals surface area contributed by atoms with Crippen molar-refractivity contribution < 1.29 is 4.79 Å². The van der Waals surface area contributed by atoms with Gasteiger partial charge in [0.05, 0.1) is 0 Å². The van der Waals surface area contributed by atoms with Crippen LogP contribution in [0.1, 0.15) is 25.8 Å². The van der Waals surface area contributed by atoms with E-state index in [1.165, 1.54) is 5.56 Å². The van der Waals surface area contributed by atoms with Crippen LogP contribution in [0.25, 0.3) is 0 Å². The van der Waals surface area contributed by atoms with Gasteiger partial charge in [-0.05, 0) is 19.4 Å². The van der Waals surface area contributed by atoms with E-state index in [1.54, 1.807) is 0 Å². The zero-order chi connectivity index (χ0) is 15.1. The maximum absolute atomic E-state index is 11.7. The number of rotatable bonds is 6. The molecule has 1 fully saturated rings. The highest BCUT2D eigenvalue weighted by atomic mass is 16.1. The Morgan fingerprint density at radius 3 is 2.33 bits per heavy atom. The molecule has 1 heterocycles. The Morgan fingerprint density at radius 1 is 1.10 bits per heavy atom. The Morgan fingerprint density at radius 2 is 1.71 bits per heavy atom. The number of benzene rings is 1. The summed E-state index contributed by atoms with van der Waals surface area (Å²) in [7, 11) is 0. The average Bonchev–Trinajstić information content (AvgIpc) is 2.47. The quantitative estimate of drug-likeness (QED) is 0.866. The van der Waals surface area contributed by atoms with Crippen LogP contribution in [0.2, 0.25) is 0 Å². The molecule has 0 aliphatic carbocycles. The molecule has 21 heavy (non-hydrogen) atoms. The van der Waals surface area contributed by atoms with Crippen LogP contribution in [0, 0.1) is 0 Å². The minimum Gasteiger partial charge on any atom is -0.354 e. The van der Waals surface area contributed by atoms with Crippen LogP contribution in [-0.2, 0) is 11.3 Å². The number of hydrogen-bond donors (Lipinski definition) is 1. The lowest BCUT2D eigenvalue weighted by Gasteiger charge is -2.34. The van der Waals surface area contributed by atoms with Crippen LogP contribution < -0.4 is 5.32 Å². The molecule has 1 aromatic rings. The van der Waals surface area contributed by atoms with Gasteiger partial charge in [0.25, 0.3) is 0 Å². The van der Waals surface area contributed by atoms with E-state index in [-0.39, 0.29) is 11.9 Å². The van der Waals surface area contributed by atoms with E-state index in [4.69, 9.17) is 0 Å². The van der Waals surface area contributed by atoms with E-state index in [0.717, 1.165) is 39.3 Å². The molecule has 1 aromatic carbocycles. The number of amides is 1. The lowest BCUT2D eigenvalue weighted by Crippen LogP contribution is -2.46. The minimum absolute atomic E-state index is 0.164. The van der Waals surface area contributed by atoms with Crippen LogP contribution in [-0.4, -0.2) is 54.5 Å². The summed E-state index contributed by atoms with van der Waals surface area (Å²) in [6.07, 6.45) is 0.608. The van der Waals surface area contributed by atoms with Crippen LogP contribution in [0.3, 0.4) is 0 Å². The van der Waals surface area contributed by atoms with Crippen molar-refractivity contribution in [3.05, 3.63) is 35.9 Å². The molecule has 116 valence electrons. The summed E-state index contributed by atoms with van der Waals surface area (Å²) in [6.45, 7) is 10.2. The summed E-state index contributed by atoms with van der Waals surface area (Å²) in [5.41, 5.74) is 1.38. The lowest BCUT2D eigenvalue weighted by molar-refractivity contribution is -0.122. The SMILES string of the molecule is CC(C)NC(=O)CCN1CCN(Cc2ccccc2)CC1. The highest BCUT2D eigenvalue weighted by Gasteiger charge is 2.17. The van der Waals surface area contributed by atoms with Crippen LogP contribution in [0.4, 0.5) is 0 Å². The molecule has 0 aromatic heterocycles. The van der Waals surface area contributed by atoms with Crippen molar-refractivity contribution in [1.82, 2.24) is 15.1 Å². The van der Waals surface area contributed by atoms with E-state index >= 15 is 0 Å². The second-order valence-electron chi connectivity index (χ2n) is 6.08. The summed E-state index contributed by atoms with van der Waals surface area (Å²) in [5, 5.41) is 2.95. The first-order chi connectivity index (χ1) is 10.1. The lowest BCUT2D eigenvalue weighted by atomic mass is 10.2. The second kappa shape index (κ2) is 8.15. The molecule has 2 rings (SSSR count). The van der Waals surface area contributed by atoms with Crippen molar-refractivity contribution in [2.75, 3.05) is 32.7 Å². The average molecular weight is 289 g/mol. The molecular weight excluding hydrogens is 262 g/mol. The topological polar surface area (TPSA) is 35.6 Å². The Balaban J connectivity index is 1.65. The standard InChI is InChI=1S/C17H27N3O/c1-15(2)18-17(21)8-9-19-10-12-20(13-11-19)14-16-6-4-3-5-7-16/h3-7,15H,8-14H2,1-2H3,(H,18,21). The molecule has 4 heteroatoms. The smallest absolute Gasteiger partial charge is 0.221 e. The van der Waals surface area contributed by atoms with Crippen molar-refractivity contribution in [3.8, 4) is 0 Å². The van der Waals surface area contributed by atoms with Gasteiger partial charge in [0.1, 0.15) is 0 Å². The van der Waals surface area contributed by atoms with Crippen molar-refractivity contribution in [2.45, 2.75) is 32.9 Å². The van der Waals surface area contributed by atoms with E-state index in [9.17, 15) is 4.79 Å². The molecule has 0 atom stereocenters. The number of carbonyl (C=O) groups is 1. The zero-order valence-corrected chi connectivity index (χ0v) is 13.2. The number of hydrogen-bond acceptors (Lipinski definition) is 3. The minimum atomic E-state index is 0.164. The molecule has 0 unspecified atom stereocenters. The molecule has 0 saturated carbocycles. The maximum Gasteiger partial charge on any atom is 0.221 e. The number of carbonyl (C=O) groups excluding carboxylic acids is 1. The molecule has 1 N–H and O–H groups in total. The summed E-state index contributed by atoms with van der Waals surface area (Å²) in [4.78, 5) is 16.5. The van der Waals surface area contributed by atoms with E-state index in [2.05, 4.69) is 45.4 Å². The number of nitrogens with one attached hydrogen (secondary N) is 1. The fourth-order valence-corrected chi connectivity index (χ4v) is 2.67. The fraction of sp³-hybridized carbons (Fsp3) is 0.588. The maximum atomic E-state index is 11.7. The first-order valence-corrected chi connectivity index (χ1v) is 7.91. The third-order valence-electron chi connectivity index (χ3n) is 3.82. The molecule has 1 amide bonds. The zero-order valence-electron chi connectivity index (χ0n) is 13.2. The Kier molecular flexibility index (Phi) is 6.21. The van der Waals surface area contributed by atoms with Gasteiger partial charge in [0.2, 0.25) is 5.91 Å². The van der Waals surface area contributed by atoms with Gasteiger partial charge >= 0.3 is 0 Å². The predicted molar refractivity (Wildman–Crippen MR) is 86.1 cm³/mol. The highest BCUT2D eigenvalue weighted by molar-refractivity contribution is 5.76. The van der Waals surface area contributed by atoms with Crippen LogP contribution in [0.5, 0.6) is 0 Å². The third kappa shape index (κ3) is 5.86. The van der Waals surface area contributed by atoms with Gasteiger partial charge < -0.3 is 10.2 Å². The van der Waals surface area contributed by atoms with Crippen LogP contribution in [0.15, 0.2) is 30.3 Å². The largest absolute Gasteiger partial charge is 0.354 e. The fourth-order valence-electron chi connectivity index (χ4n) is 2.67. The first kappa shape index (κ1) is 16.0. The van der Waals surface area contributed by atoms with Crippen molar-refractivity contribution in [3.63, 3.8) is 0 Å². The Labute approximate surface area is 128 Å². The molecule has 0 bridgehead atoms. The molecule has 1 aliphatic heterocycles. The summed E-state index contributed by atoms with van der Waals surface area (Å²) in [5.74, 6) is 0.164. The molecule has 0 radical (unpaired) electrons. The molecule has 1 saturated heterocycles. The normalized spacial score (nSPS) is 17.1. The Bertz CT molecular complexity index is 425. The summed E-state index contributed by atoms with van der Waals surface area (Å²) < 4.78 is 0. The highest BCUT2D eigenvalue weighted by Crippen LogP contribution is 2.08. The molecule has 4 nitrogen and oxygen atoms in total. The van der Waals surface area contributed by atoms with Crippen molar-refractivity contribution >= 4 is 5.91 Å².